The Kier molecular flexibility index (Phi) is 5.44. The Morgan fingerprint density at radius 1 is 1.20 bits per heavy atom. The average molecular weight is 298 g/mol. The van der Waals surface area contributed by atoms with Crippen LogP contribution in [0.2, 0.25) is 0 Å². The standard InChI is InChI=1S/C14H18O5S/c1-10-4-5-11(2)12(8-10)13(15)9-20(17,18)7-6-14(16)19-3/h4-5,8H,6-7,9H2,1-3H3. The largest absolute Gasteiger partial charge is 0.469 e. The maximum atomic E-state index is 12.1. The van der Waals surface area contributed by atoms with Gasteiger partial charge in [-0.1, -0.05) is 17.7 Å². The monoisotopic (exact) mass is 298 g/mol. The van der Waals surface area contributed by atoms with Crippen molar-refractivity contribution >= 4 is 21.6 Å². The van der Waals surface area contributed by atoms with Crippen molar-refractivity contribution in [1.29, 1.82) is 0 Å². The molecule has 1 rings (SSSR count). The quantitative estimate of drug-likeness (QED) is 0.587. The number of esters is 1. The topological polar surface area (TPSA) is 77.5 Å². The smallest absolute Gasteiger partial charge is 0.306 e. The Hall–Kier alpha value is -1.69. The number of aryl methyl sites for hydroxylation is 2. The second kappa shape index (κ2) is 6.65. The van der Waals surface area contributed by atoms with Gasteiger partial charge in [0.1, 0.15) is 5.75 Å². The molecule has 0 unspecified atom stereocenters. The minimum absolute atomic E-state index is 0.237. The molecule has 0 saturated carbocycles. The normalized spacial score (nSPS) is 11.2. The first-order valence-electron chi connectivity index (χ1n) is 6.13. The number of ether oxygens (including phenoxy) is 1. The first-order chi connectivity index (χ1) is 9.25. The zero-order valence-corrected chi connectivity index (χ0v) is 12.6. The number of methoxy groups -OCH3 is 1. The van der Waals surface area contributed by atoms with Gasteiger partial charge in [0.15, 0.2) is 15.6 Å². The number of ketones is 1. The molecule has 0 aliphatic rings. The predicted molar refractivity (Wildman–Crippen MR) is 75.5 cm³/mol. The van der Waals surface area contributed by atoms with Crippen LogP contribution in [0.4, 0.5) is 0 Å². The molecule has 0 spiro atoms. The number of Topliss-reactive ketones (excluding diaryl/α,β-unsaturated/α-hetero) is 1. The molecule has 1 aromatic carbocycles. The molecule has 6 heteroatoms. The summed E-state index contributed by atoms with van der Waals surface area (Å²) < 4.78 is 28.0. The van der Waals surface area contributed by atoms with E-state index in [2.05, 4.69) is 4.74 Å². The summed E-state index contributed by atoms with van der Waals surface area (Å²) in [7, 11) is -2.42. The highest BCUT2D eigenvalue weighted by molar-refractivity contribution is 7.92. The summed E-state index contributed by atoms with van der Waals surface area (Å²) in [5.41, 5.74) is 2.04. The third-order valence-corrected chi connectivity index (χ3v) is 4.42. The van der Waals surface area contributed by atoms with E-state index in [1.807, 2.05) is 13.0 Å². The van der Waals surface area contributed by atoms with Crippen LogP contribution in [-0.4, -0.2) is 38.8 Å². The fourth-order valence-electron chi connectivity index (χ4n) is 1.73. The van der Waals surface area contributed by atoms with Gasteiger partial charge >= 0.3 is 5.97 Å². The zero-order valence-electron chi connectivity index (χ0n) is 11.8. The molecule has 0 atom stereocenters. The van der Waals surface area contributed by atoms with E-state index >= 15 is 0 Å². The van der Waals surface area contributed by atoms with Crippen LogP contribution in [0.15, 0.2) is 18.2 Å². The van der Waals surface area contributed by atoms with Gasteiger partial charge in [0.25, 0.3) is 0 Å². The van der Waals surface area contributed by atoms with E-state index in [0.717, 1.165) is 11.1 Å². The van der Waals surface area contributed by atoms with Gasteiger partial charge in [0.05, 0.1) is 19.3 Å². The maximum Gasteiger partial charge on any atom is 0.306 e. The first kappa shape index (κ1) is 16.4. The van der Waals surface area contributed by atoms with Crippen LogP contribution in [-0.2, 0) is 19.4 Å². The van der Waals surface area contributed by atoms with Crippen molar-refractivity contribution in [3.05, 3.63) is 34.9 Å². The van der Waals surface area contributed by atoms with Gasteiger partial charge in [-0.15, -0.1) is 0 Å². The highest BCUT2D eigenvalue weighted by Gasteiger charge is 2.20. The molecule has 0 aromatic heterocycles. The van der Waals surface area contributed by atoms with E-state index in [-0.39, 0.29) is 12.2 Å². The Bertz CT molecular complexity index is 616. The fourth-order valence-corrected chi connectivity index (χ4v) is 2.90. The van der Waals surface area contributed by atoms with Crippen molar-refractivity contribution in [1.82, 2.24) is 0 Å². The summed E-state index contributed by atoms with van der Waals surface area (Å²) in [6.45, 7) is 3.59. The molecule has 0 aliphatic carbocycles. The van der Waals surface area contributed by atoms with E-state index in [1.54, 1.807) is 19.1 Å². The molecule has 5 nitrogen and oxygen atoms in total. The van der Waals surface area contributed by atoms with Crippen molar-refractivity contribution in [2.45, 2.75) is 20.3 Å². The van der Waals surface area contributed by atoms with E-state index in [1.165, 1.54) is 7.11 Å². The van der Waals surface area contributed by atoms with Gasteiger partial charge in [0.2, 0.25) is 0 Å². The molecular weight excluding hydrogens is 280 g/mol. The van der Waals surface area contributed by atoms with Crippen molar-refractivity contribution < 1.29 is 22.7 Å². The van der Waals surface area contributed by atoms with Crippen LogP contribution < -0.4 is 0 Å². The van der Waals surface area contributed by atoms with Crippen molar-refractivity contribution in [3.63, 3.8) is 0 Å². The highest BCUT2D eigenvalue weighted by Crippen LogP contribution is 2.13. The highest BCUT2D eigenvalue weighted by atomic mass is 32.2. The fraction of sp³-hybridized carbons (Fsp3) is 0.429. The lowest BCUT2D eigenvalue weighted by Gasteiger charge is -2.07. The number of rotatable bonds is 6. The molecule has 0 radical (unpaired) electrons. The van der Waals surface area contributed by atoms with Crippen LogP contribution >= 0.6 is 0 Å². The Labute approximate surface area is 118 Å². The van der Waals surface area contributed by atoms with Crippen molar-refractivity contribution in [2.24, 2.45) is 0 Å². The van der Waals surface area contributed by atoms with E-state index in [4.69, 9.17) is 0 Å². The Morgan fingerprint density at radius 2 is 1.85 bits per heavy atom. The number of hydrogen-bond donors (Lipinski definition) is 0. The molecule has 0 aliphatic heterocycles. The van der Waals surface area contributed by atoms with Crippen LogP contribution in [0, 0.1) is 13.8 Å². The zero-order chi connectivity index (χ0) is 15.3. The van der Waals surface area contributed by atoms with Crippen molar-refractivity contribution in [3.8, 4) is 0 Å². The molecule has 0 saturated heterocycles. The maximum absolute atomic E-state index is 12.1. The second-order valence-electron chi connectivity index (χ2n) is 4.66. The van der Waals surface area contributed by atoms with Crippen LogP contribution in [0.5, 0.6) is 0 Å². The van der Waals surface area contributed by atoms with Gasteiger partial charge in [-0.3, -0.25) is 9.59 Å². The lowest BCUT2D eigenvalue weighted by Crippen LogP contribution is -2.21. The van der Waals surface area contributed by atoms with E-state index < -0.39 is 27.3 Å². The number of carbonyl (C=O) groups excluding carboxylic acids is 2. The lowest BCUT2D eigenvalue weighted by molar-refractivity contribution is -0.140. The second-order valence-corrected chi connectivity index (χ2v) is 6.84. The van der Waals surface area contributed by atoms with E-state index in [9.17, 15) is 18.0 Å². The number of benzene rings is 1. The molecule has 20 heavy (non-hydrogen) atoms. The number of carbonyl (C=O) groups is 2. The van der Waals surface area contributed by atoms with Crippen LogP contribution in [0.3, 0.4) is 0 Å². The molecule has 110 valence electrons. The summed E-state index contributed by atoms with van der Waals surface area (Å²) in [6, 6.07) is 5.31. The SMILES string of the molecule is COC(=O)CCS(=O)(=O)CC(=O)c1cc(C)ccc1C. The first-order valence-corrected chi connectivity index (χ1v) is 7.95. The Morgan fingerprint density at radius 3 is 2.45 bits per heavy atom. The van der Waals surface area contributed by atoms with Gasteiger partial charge in [0, 0.05) is 5.56 Å². The van der Waals surface area contributed by atoms with Crippen molar-refractivity contribution in [2.75, 3.05) is 18.6 Å². The molecule has 0 bridgehead atoms. The van der Waals surface area contributed by atoms with Gasteiger partial charge in [-0.25, -0.2) is 8.42 Å². The summed E-state index contributed by atoms with van der Waals surface area (Å²) in [5.74, 6) is -2.02. The molecule has 0 N–H and O–H groups in total. The summed E-state index contributed by atoms with van der Waals surface area (Å²) in [5, 5.41) is 0. The van der Waals surface area contributed by atoms with Crippen LogP contribution in [0.25, 0.3) is 0 Å². The third-order valence-electron chi connectivity index (χ3n) is 2.89. The average Bonchev–Trinajstić information content (AvgIpc) is 2.38. The third kappa shape index (κ3) is 4.77. The Balaban J connectivity index is 2.79. The summed E-state index contributed by atoms with van der Waals surface area (Å²) in [6.07, 6.45) is -0.237. The predicted octanol–water partition coefficient (Wildman–Crippen LogP) is 1.46. The minimum Gasteiger partial charge on any atom is -0.469 e. The van der Waals surface area contributed by atoms with Gasteiger partial charge < -0.3 is 4.74 Å². The number of hydrogen-bond acceptors (Lipinski definition) is 5. The molecular formula is C14H18O5S. The number of sulfone groups is 1. The summed E-state index contributed by atoms with van der Waals surface area (Å²) >= 11 is 0. The van der Waals surface area contributed by atoms with Crippen LogP contribution in [0.1, 0.15) is 27.9 Å². The lowest BCUT2D eigenvalue weighted by atomic mass is 10.0. The van der Waals surface area contributed by atoms with E-state index in [0.29, 0.717) is 5.56 Å². The van der Waals surface area contributed by atoms with Gasteiger partial charge in [-0.05, 0) is 25.5 Å². The van der Waals surface area contributed by atoms with Gasteiger partial charge in [-0.2, -0.15) is 0 Å². The minimum atomic E-state index is -3.61. The molecule has 1 aromatic rings. The molecule has 0 heterocycles. The molecule has 0 amide bonds. The summed E-state index contributed by atoms with van der Waals surface area (Å²) in [4.78, 5) is 23.0. The molecule has 0 fully saturated rings.